The molecule has 1 aromatic heterocycles. The van der Waals surface area contributed by atoms with Crippen LogP contribution < -0.4 is 22.1 Å². The summed E-state index contributed by atoms with van der Waals surface area (Å²) in [6.07, 6.45) is 0.218. The highest BCUT2D eigenvalue weighted by Crippen LogP contribution is 2.27. The number of nitriles is 1. The minimum atomic E-state index is -0.905. The number of aromatic nitrogens is 1. The first-order valence-corrected chi connectivity index (χ1v) is 15.0. The SMILES string of the molecule is N#CCN(C(=O)NCc1ccc(F)cc1)N1CCN(Cc2cccc3sc(N)nc23)C(=O)[C@H](Cc2ccc(N)cc2)NC(=O)C1. The van der Waals surface area contributed by atoms with Crippen molar-refractivity contribution < 1.29 is 18.8 Å². The first-order valence-electron chi connectivity index (χ1n) is 14.2. The Labute approximate surface area is 263 Å². The summed E-state index contributed by atoms with van der Waals surface area (Å²) in [6, 6.07) is 18.8. The van der Waals surface area contributed by atoms with Gasteiger partial charge in [0.2, 0.25) is 11.8 Å². The van der Waals surface area contributed by atoms with Gasteiger partial charge in [0.25, 0.3) is 0 Å². The number of urea groups is 1. The molecule has 0 saturated carbocycles. The largest absolute Gasteiger partial charge is 0.399 e. The molecule has 6 N–H and O–H groups in total. The summed E-state index contributed by atoms with van der Waals surface area (Å²) in [5.41, 5.74) is 15.3. The number of hydrogen-bond acceptors (Lipinski definition) is 9. The molecule has 232 valence electrons. The number of rotatable bonds is 8. The quantitative estimate of drug-likeness (QED) is 0.170. The van der Waals surface area contributed by atoms with Crippen molar-refractivity contribution >= 4 is 50.2 Å². The van der Waals surface area contributed by atoms with Gasteiger partial charge in [-0.15, -0.1) is 0 Å². The minimum Gasteiger partial charge on any atom is -0.399 e. The van der Waals surface area contributed by atoms with Gasteiger partial charge in [-0.05, 0) is 47.0 Å². The normalized spacial score (nSPS) is 15.9. The van der Waals surface area contributed by atoms with Crippen molar-refractivity contribution in [1.82, 2.24) is 30.5 Å². The van der Waals surface area contributed by atoms with Gasteiger partial charge in [0.1, 0.15) is 18.4 Å². The van der Waals surface area contributed by atoms with Crippen molar-refractivity contribution in [3.05, 3.63) is 89.2 Å². The van der Waals surface area contributed by atoms with Gasteiger partial charge in [-0.3, -0.25) is 9.59 Å². The van der Waals surface area contributed by atoms with Crippen LogP contribution in [0, 0.1) is 17.1 Å². The molecule has 0 bridgehead atoms. The lowest BCUT2D eigenvalue weighted by Gasteiger charge is -2.33. The van der Waals surface area contributed by atoms with Gasteiger partial charge in [-0.1, -0.05) is 47.7 Å². The number of benzene rings is 3. The molecular weight excluding hydrogens is 597 g/mol. The van der Waals surface area contributed by atoms with Gasteiger partial charge in [0.05, 0.1) is 22.8 Å². The van der Waals surface area contributed by atoms with E-state index in [9.17, 15) is 24.0 Å². The number of amides is 4. The number of halogens is 1. The molecule has 1 fully saturated rings. The van der Waals surface area contributed by atoms with Gasteiger partial charge in [0.15, 0.2) is 5.13 Å². The fourth-order valence-corrected chi connectivity index (χ4v) is 5.88. The second kappa shape index (κ2) is 14.0. The fourth-order valence-electron chi connectivity index (χ4n) is 5.10. The highest BCUT2D eigenvalue weighted by atomic mass is 32.1. The number of para-hydroxylation sites is 1. The fraction of sp³-hybridized carbons (Fsp3) is 0.258. The molecule has 0 radical (unpaired) electrons. The number of nitrogen functional groups attached to an aromatic ring is 2. The van der Waals surface area contributed by atoms with E-state index in [2.05, 4.69) is 15.6 Å². The Hall–Kier alpha value is -5.26. The van der Waals surface area contributed by atoms with Crippen LogP contribution in [0.1, 0.15) is 16.7 Å². The zero-order valence-electron chi connectivity index (χ0n) is 24.3. The number of nitrogens with one attached hydrogen (secondary N) is 2. The van der Waals surface area contributed by atoms with Gasteiger partial charge >= 0.3 is 6.03 Å². The topological polar surface area (TPSA) is 174 Å². The summed E-state index contributed by atoms with van der Waals surface area (Å²) in [5, 5.41) is 18.1. The highest BCUT2D eigenvalue weighted by Gasteiger charge is 2.32. The maximum atomic E-state index is 14.1. The van der Waals surface area contributed by atoms with Gasteiger partial charge in [-0.25, -0.2) is 24.2 Å². The number of nitrogens with two attached hydrogens (primary N) is 2. The Balaban J connectivity index is 1.41. The zero-order valence-corrected chi connectivity index (χ0v) is 25.1. The van der Waals surface area contributed by atoms with Crippen molar-refractivity contribution in [1.29, 1.82) is 5.26 Å². The third-order valence-electron chi connectivity index (χ3n) is 7.35. The van der Waals surface area contributed by atoms with Crippen molar-refractivity contribution in [2.75, 3.05) is 37.6 Å². The summed E-state index contributed by atoms with van der Waals surface area (Å²) < 4.78 is 14.2. The van der Waals surface area contributed by atoms with Crippen LogP contribution in [0.3, 0.4) is 0 Å². The van der Waals surface area contributed by atoms with Crippen LogP contribution in [0.2, 0.25) is 0 Å². The first kappa shape index (κ1) is 31.2. The van der Waals surface area contributed by atoms with E-state index < -0.39 is 23.8 Å². The van der Waals surface area contributed by atoms with Crippen LogP contribution in [-0.2, 0) is 29.1 Å². The summed E-state index contributed by atoms with van der Waals surface area (Å²) in [4.78, 5) is 46.8. The second-order valence-electron chi connectivity index (χ2n) is 10.5. The van der Waals surface area contributed by atoms with Crippen LogP contribution in [0.4, 0.5) is 20.0 Å². The molecule has 1 aliphatic heterocycles. The van der Waals surface area contributed by atoms with Gasteiger partial charge < -0.3 is 27.0 Å². The summed E-state index contributed by atoms with van der Waals surface area (Å²) >= 11 is 1.35. The third-order valence-corrected chi connectivity index (χ3v) is 8.20. The highest BCUT2D eigenvalue weighted by molar-refractivity contribution is 7.22. The lowest BCUT2D eigenvalue weighted by atomic mass is 10.0. The Morgan fingerprint density at radius 1 is 1.09 bits per heavy atom. The average molecular weight is 630 g/mol. The zero-order chi connectivity index (χ0) is 31.9. The van der Waals surface area contributed by atoms with Crippen molar-refractivity contribution in [3.8, 4) is 6.07 Å². The van der Waals surface area contributed by atoms with Crippen molar-refractivity contribution in [3.63, 3.8) is 0 Å². The van der Waals surface area contributed by atoms with E-state index >= 15 is 0 Å². The van der Waals surface area contributed by atoms with E-state index in [1.165, 1.54) is 28.5 Å². The number of thiazole rings is 1. The molecule has 0 unspecified atom stereocenters. The van der Waals surface area contributed by atoms with E-state index in [0.29, 0.717) is 21.9 Å². The molecule has 12 nitrogen and oxygen atoms in total. The number of nitrogens with zero attached hydrogens (tertiary/aromatic N) is 5. The molecule has 0 spiro atoms. The Bertz CT molecular complexity index is 1720. The molecule has 0 aliphatic carbocycles. The predicted molar refractivity (Wildman–Crippen MR) is 168 cm³/mol. The van der Waals surface area contributed by atoms with Crippen LogP contribution in [0.15, 0.2) is 66.7 Å². The molecule has 1 atom stereocenters. The number of anilines is 2. The standard InChI is InChI=1S/C31H32FN9O3S/c32-23-8-4-21(5-9-23)17-36-31(44)41(13-12-33)40-15-14-39(18-22-2-1-3-26-28(22)38-30(35)45-26)29(43)25(37-27(42)19-40)16-20-6-10-24(34)11-7-20/h1-11,25H,13-19,34H2,(H2,35,38)(H,36,44)(H,37,42)/t25-/m0/s1. The molecule has 1 aliphatic rings. The average Bonchev–Trinajstić information content (AvgIpc) is 3.43. The summed E-state index contributed by atoms with van der Waals surface area (Å²) in [7, 11) is 0. The lowest BCUT2D eigenvalue weighted by molar-refractivity contribution is -0.136. The Morgan fingerprint density at radius 3 is 2.56 bits per heavy atom. The smallest absolute Gasteiger partial charge is 0.333 e. The number of carbonyl (C=O) groups excluding carboxylic acids is 3. The third kappa shape index (κ3) is 7.83. The monoisotopic (exact) mass is 629 g/mol. The molecule has 4 amide bonds. The Kier molecular flexibility index (Phi) is 9.71. The lowest BCUT2D eigenvalue weighted by Crippen LogP contribution is -2.55. The summed E-state index contributed by atoms with van der Waals surface area (Å²) in [6.45, 7) is -0.151. The van der Waals surface area contributed by atoms with Crippen LogP contribution in [0.25, 0.3) is 10.2 Å². The van der Waals surface area contributed by atoms with E-state index in [1.807, 2.05) is 24.3 Å². The predicted octanol–water partition coefficient (Wildman–Crippen LogP) is 2.62. The van der Waals surface area contributed by atoms with E-state index in [-0.39, 0.29) is 51.6 Å². The molecule has 2 heterocycles. The molecule has 14 heteroatoms. The molecular formula is C31H32FN9O3S. The first-order chi connectivity index (χ1) is 21.7. The second-order valence-corrected chi connectivity index (χ2v) is 11.6. The number of hydrogen-bond donors (Lipinski definition) is 4. The van der Waals surface area contributed by atoms with E-state index in [1.54, 1.807) is 41.3 Å². The maximum Gasteiger partial charge on any atom is 0.333 e. The van der Waals surface area contributed by atoms with Gasteiger partial charge in [-0.2, -0.15) is 5.26 Å². The van der Waals surface area contributed by atoms with Crippen molar-refractivity contribution in [2.45, 2.75) is 25.6 Å². The summed E-state index contributed by atoms with van der Waals surface area (Å²) in [5.74, 6) is -1.20. The minimum absolute atomic E-state index is 0.0780. The van der Waals surface area contributed by atoms with Crippen LogP contribution in [0.5, 0.6) is 0 Å². The van der Waals surface area contributed by atoms with Crippen LogP contribution in [-0.4, -0.2) is 70.0 Å². The Morgan fingerprint density at radius 2 is 1.82 bits per heavy atom. The number of fused-ring (bicyclic) bond motifs is 1. The molecule has 4 aromatic rings. The van der Waals surface area contributed by atoms with E-state index in [4.69, 9.17) is 11.5 Å². The molecule has 45 heavy (non-hydrogen) atoms. The van der Waals surface area contributed by atoms with Crippen molar-refractivity contribution in [2.24, 2.45) is 0 Å². The van der Waals surface area contributed by atoms with Gasteiger partial charge in [0, 0.05) is 38.3 Å². The molecule has 1 saturated heterocycles. The van der Waals surface area contributed by atoms with E-state index in [0.717, 1.165) is 20.8 Å². The number of carbonyl (C=O) groups is 3. The molecule has 3 aromatic carbocycles. The van der Waals surface area contributed by atoms with Crippen LogP contribution >= 0.6 is 11.3 Å². The number of hydrazine groups is 1. The maximum absolute atomic E-state index is 14.1. The molecule has 5 rings (SSSR count).